The van der Waals surface area contributed by atoms with Crippen LogP contribution >= 0.6 is 0 Å². The zero-order chi connectivity index (χ0) is 15.5. The van der Waals surface area contributed by atoms with E-state index in [4.69, 9.17) is 0 Å². The third-order valence-corrected chi connectivity index (χ3v) is 5.20. The van der Waals surface area contributed by atoms with Crippen LogP contribution in [0.3, 0.4) is 0 Å². The highest BCUT2D eigenvalue weighted by molar-refractivity contribution is 7.89. The lowest BCUT2D eigenvalue weighted by Crippen LogP contribution is -2.31. The Kier molecular flexibility index (Phi) is 4.76. The normalized spacial score (nSPS) is 13.5. The fraction of sp³-hybridized carbons (Fsp3) is 0.357. The predicted octanol–water partition coefficient (Wildman–Crippen LogP) is 1.16. The third-order valence-electron chi connectivity index (χ3n) is 3.38. The van der Waals surface area contributed by atoms with Gasteiger partial charge in [-0.25, -0.2) is 8.42 Å². The molecule has 0 amide bonds. The van der Waals surface area contributed by atoms with Crippen molar-refractivity contribution >= 4 is 10.0 Å². The van der Waals surface area contributed by atoms with Gasteiger partial charge in [0.15, 0.2) is 0 Å². The van der Waals surface area contributed by atoms with Crippen LogP contribution in [0.15, 0.2) is 47.6 Å². The standard InChI is InChI=1S/C14H19N3O3S/c1-16-11-13(10-15-16)21(19,20)17(2)14(8-9-18)12-6-4-3-5-7-12/h3-7,10-11,14,18H,8-9H2,1-2H3. The van der Waals surface area contributed by atoms with E-state index in [1.54, 1.807) is 7.05 Å². The Morgan fingerprint density at radius 2 is 2.00 bits per heavy atom. The highest BCUT2D eigenvalue weighted by Gasteiger charge is 2.29. The van der Waals surface area contributed by atoms with Gasteiger partial charge in [0.2, 0.25) is 10.0 Å². The summed E-state index contributed by atoms with van der Waals surface area (Å²) in [4.78, 5) is 0.145. The molecule has 0 aliphatic rings. The van der Waals surface area contributed by atoms with Gasteiger partial charge in [-0.15, -0.1) is 0 Å². The molecule has 1 N–H and O–H groups in total. The van der Waals surface area contributed by atoms with E-state index in [9.17, 15) is 13.5 Å². The number of rotatable bonds is 6. The molecule has 1 heterocycles. The predicted molar refractivity (Wildman–Crippen MR) is 79.0 cm³/mol. The molecule has 0 bridgehead atoms. The topological polar surface area (TPSA) is 75.4 Å². The van der Waals surface area contributed by atoms with Gasteiger partial charge in [-0.1, -0.05) is 30.3 Å². The van der Waals surface area contributed by atoms with E-state index >= 15 is 0 Å². The first kappa shape index (κ1) is 15.7. The number of nitrogens with zero attached hydrogens (tertiary/aromatic N) is 3. The molecule has 1 aromatic heterocycles. The van der Waals surface area contributed by atoms with E-state index in [1.165, 1.54) is 28.4 Å². The second kappa shape index (κ2) is 6.38. The highest BCUT2D eigenvalue weighted by atomic mass is 32.2. The van der Waals surface area contributed by atoms with Gasteiger partial charge >= 0.3 is 0 Å². The lowest BCUT2D eigenvalue weighted by molar-refractivity contribution is 0.240. The Hall–Kier alpha value is -1.70. The van der Waals surface area contributed by atoms with Gasteiger partial charge in [0.1, 0.15) is 4.90 Å². The number of aryl methyl sites for hydroxylation is 1. The molecule has 6 nitrogen and oxygen atoms in total. The number of aliphatic hydroxyl groups is 1. The molecule has 0 radical (unpaired) electrons. The molecule has 0 spiro atoms. The van der Waals surface area contributed by atoms with Crippen LogP contribution in [0.1, 0.15) is 18.0 Å². The summed E-state index contributed by atoms with van der Waals surface area (Å²) in [5.74, 6) is 0. The Balaban J connectivity index is 2.36. The van der Waals surface area contributed by atoms with Crippen LogP contribution in [0.4, 0.5) is 0 Å². The first-order valence-electron chi connectivity index (χ1n) is 6.59. The molecule has 0 saturated heterocycles. The Labute approximate surface area is 124 Å². The van der Waals surface area contributed by atoms with Crippen LogP contribution in [0, 0.1) is 0 Å². The van der Waals surface area contributed by atoms with Crippen molar-refractivity contribution in [3.63, 3.8) is 0 Å². The summed E-state index contributed by atoms with van der Waals surface area (Å²) in [6.07, 6.45) is 3.12. The largest absolute Gasteiger partial charge is 0.396 e. The maximum Gasteiger partial charge on any atom is 0.246 e. The van der Waals surface area contributed by atoms with Crippen LogP contribution in [-0.2, 0) is 17.1 Å². The van der Waals surface area contributed by atoms with Crippen molar-refractivity contribution in [1.29, 1.82) is 0 Å². The minimum Gasteiger partial charge on any atom is -0.396 e. The molecule has 0 saturated carbocycles. The van der Waals surface area contributed by atoms with Gasteiger partial charge in [-0.05, 0) is 12.0 Å². The van der Waals surface area contributed by atoms with Gasteiger partial charge in [-0.2, -0.15) is 9.40 Å². The molecule has 2 rings (SSSR count). The smallest absolute Gasteiger partial charge is 0.246 e. The highest BCUT2D eigenvalue weighted by Crippen LogP contribution is 2.28. The molecule has 7 heteroatoms. The number of aromatic nitrogens is 2. The third kappa shape index (κ3) is 3.31. The molecule has 0 aliphatic carbocycles. The Bertz CT molecular complexity index is 682. The van der Waals surface area contributed by atoms with E-state index in [-0.39, 0.29) is 11.5 Å². The molecule has 0 fully saturated rings. The van der Waals surface area contributed by atoms with Gasteiger partial charge in [0.05, 0.1) is 12.2 Å². The summed E-state index contributed by atoms with van der Waals surface area (Å²) < 4.78 is 28.0. The average Bonchev–Trinajstić information content (AvgIpc) is 2.92. The minimum absolute atomic E-state index is 0.0908. The number of benzene rings is 1. The quantitative estimate of drug-likeness (QED) is 0.869. The lowest BCUT2D eigenvalue weighted by atomic mass is 10.0. The summed E-state index contributed by atoms with van der Waals surface area (Å²) in [6, 6.07) is 8.87. The fourth-order valence-corrected chi connectivity index (χ4v) is 3.58. The minimum atomic E-state index is -3.65. The summed E-state index contributed by atoms with van der Waals surface area (Å²) in [6.45, 7) is -0.0908. The van der Waals surface area contributed by atoms with E-state index in [1.807, 2.05) is 30.3 Å². The van der Waals surface area contributed by atoms with Gasteiger partial charge < -0.3 is 5.11 Å². The molecule has 0 aliphatic heterocycles. The molecular formula is C14H19N3O3S. The van der Waals surface area contributed by atoms with Crippen molar-refractivity contribution in [1.82, 2.24) is 14.1 Å². The SMILES string of the molecule is CN(C(CCO)c1ccccc1)S(=O)(=O)c1cnn(C)c1. The van der Waals surface area contributed by atoms with Crippen molar-refractivity contribution in [2.75, 3.05) is 13.7 Å². The van der Waals surface area contributed by atoms with Crippen molar-refractivity contribution < 1.29 is 13.5 Å². The van der Waals surface area contributed by atoms with E-state index in [0.29, 0.717) is 6.42 Å². The average molecular weight is 309 g/mol. The van der Waals surface area contributed by atoms with E-state index < -0.39 is 16.1 Å². The number of hydrogen-bond acceptors (Lipinski definition) is 4. The van der Waals surface area contributed by atoms with Crippen LogP contribution in [0.5, 0.6) is 0 Å². The molecule has 114 valence electrons. The van der Waals surface area contributed by atoms with Crippen LogP contribution in [-0.4, -0.2) is 41.3 Å². The summed E-state index contributed by atoms with van der Waals surface area (Å²) >= 11 is 0. The molecular weight excluding hydrogens is 290 g/mol. The molecule has 21 heavy (non-hydrogen) atoms. The Morgan fingerprint density at radius 1 is 1.33 bits per heavy atom. The second-order valence-corrected chi connectivity index (χ2v) is 6.81. The first-order chi connectivity index (χ1) is 9.96. The van der Waals surface area contributed by atoms with Gasteiger partial charge in [0, 0.05) is 26.9 Å². The zero-order valence-electron chi connectivity index (χ0n) is 12.0. The Morgan fingerprint density at radius 3 is 2.52 bits per heavy atom. The lowest BCUT2D eigenvalue weighted by Gasteiger charge is -2.27. The maximum atomic E-state index is 12.6. The molecule has 1 unspecified atom stereocenters. The van der Waals surface area contributed by atoms with Crippen LogP contribution in [0.2, 0.25) is 0 Å². The fourth-order valence-electron chi connectivity index (χ4n) is 2.22. The van der Waals surface area contributed by atoms with Crippen LogP contribution < -0.4 is 0 Å². The van der Waals surface area contributed by atoms with Crippen LogP contribution in [0.25, 0.3) is 0 Å². The number of hydrogen-bond donors (Lipinski definition) is 1. The van der Waals surface area contributed by atoms with Crippen molar-refractivity contribution in [3.8, 4) is 0 Å². The van der Waals surface area contributed by atoms with Crippen molar-refractivity contribution in [2.24, 2.45) is 7.05 Å². The first-order valence-corrected chi connectivity index (χ1v) is 8.03. The number of sulfonamides is 1. The molecule has 1 aromatic carbocycles. The van der Waals surface area contributed by atoms with Crippen molar-refractivity contribution in [3.05, 3.63) is 48.3 Å². The van der Waals surface area contributed by atoms with Gasteiger partial charge in [0.25, 0.3) is 0 Å². The maximum absolute atomic E-state index is 12.6. The molecule has 1 atom stereocenters. The zero-order valence-corrected chi connectivity index (χ0v) is 12.9. The second-order valence-electron chi connectivity index (χ2n) is 4.81. The number of aliphatic hydroxyl groups excluding tert-OH is 1. The summed E-state index contributed by atoms with van der Waals surface area (Å²) in [7, 11) is -0.457. The molecule has 2 aromatic rings. The monoisotopic (exact) mass is 309 g/mol. The van der Waals surface area contributed by atoms with Crippen molar-refractivity contribution in [2.45, 2.75) is 17.4 Å². The summed E-state index contributed by atoms with van der Waals surface area (Å²) in [5.41, 5.74) is 0.849. The van der Waals surface area contributed by atoms with Gasteiger partial charge in [-0.3, -0.25) is 4.68 Å². The van der Waals surface area contributed by atoms with E-state index in [0.717, 1.165) is 5.56 Å². The van der Waals surface area contributed by atoms with E-state index in [2.05, 4.69) is 5.10 Å². The summed E-state index contributed by atoms with van der Waals surface area (Å²) in [5, 5.41) is 13.2.